The first kappa shape index (κ1) is 10.6. The number of alkyl halides is 1. The maximum absolute atomic E-state index is 11.6. The van der Waals surface area contributed by atoms with Gasteiger partial charge in [-0.2, -0.15) is 0 Å². The molecule has 0 atom stereocenters. The van der Waals surface area contributed by atoms with Gasteiger partial charge in [-0.25, -0.2) is 0 Å². The van der Waals surface area contributed by atoms with E-state index in [2.05, 4.69) is 0 Å². The van der Waals surface area contributed by atoms with Crippen molar-refractivity contribution in [2.75, 3.05) is 0 Å². The highest BCUT2D eigenvalue weighted by molar-refractivity contribution is 6.37. The molecule has 0 heterocycles. The van der Waals surface area contributed by atoms with Crippen LogP contribution in [0.2, 0.25) is 5.02 Å². The van der Waals surface area contributed by atoms with Gasteiger partial charge >= 0.3 is 0 Å². The van der Waals surface area contributed by atoms with E-state index in [1.807, 2.05) is 0 Å². The van der Waals surface area contributed by atoms with Crippen molar-refractivity contribution in [1.29, 1.82) is 0 Å². The van der Waals surface area contributed by atoms with Crippen molar-refractivity contribution in [3.05, 3.63) is 34.9 Å². The van der Waals surface area contributed by atoms with Crippen molar-refractivity contribution in [1.82, 2.24) is 0 Å². The van der Waals surface area contributed by atoms with Crippen molar-refractivity contribution in [3.8, 4) is 0 Å². The number of carbonyl (C=O) groups is 1. The van der Waals surface area contributed by atoms with Crippen LogP contribution < -0.4 is 0 Å². The van der Waals surface area contributed by atoms with Crippen LogP contribution in [0.25, 0.3) is 0 Å². The first-order chi connectivity index (χ1) is 5.91. The molecule has 0 N–H and O–H groups in total. The molecular weight excluding hydrogens is 207 g/mol. The number of benzene rings is 1. The fourth-order valence-electron chi connectivity index (χ4n) is 0.973. The van der Waals surface area contributed by atoms with Crippen LogP contribution in [0.15, 0.2) is 24.3 Å². The molecule has 0 amide bonds. The predicted octanol–water partition coefficient (Wildman–Crippen LogP) is 3.54. The molecule has 1 aromatic rings. The van der Waals surface area contributed by atoms with E-state index >= 15 is 0 Å². The molecular formula is C10H10Cl2O. The van der Waals surface area contributed by atoms with Crippen LogP contribution in [-0.2, 0) is 0 Å². The standard InChI is InChI=1S/C10H10Cl2O/c1-10(2,12)9(13)7-4-3-5-8(11)6-7/h3-6H,1-2H3. The summed E-state index contributed by atoms with van der Waals surface area (Å²) in [4.78, 5) is 10.8. The normalized spacial score (nSPS) is 11.4. The maximum Gasteiger partial charge on any atom is 0.183 e. The molecule has 13 heavy (non-hydrogen) atoms. The largest absolute Gasteiger partial charge is 0.292 e. The second-order valence-corrected chi connectivity index (χ2v) is 4.69. The van der Waals surface area contributed by atoms with Crippen molar-refractivity contribution in [2.24, 2.45) is 0 Å². The Bertz CT molecular complexity index is 326. The van der Waals surface area contributed by atoms with Crippen LogP contribution in [0.4, 0.5) is 0 Å². The van der Waals surface area contributed by atoms with Crippen molar-refractivity contribution in [2.45, 2.75) is 18.7 Å². The summed E-state index contributed by atoms with van der Waals surface area (Å²) in [5, 5.41) is 0.548. The fourth-order valence-corrected chi connectivity index (χ4v) is 1.27. The summed E-state index contributed by atoms with van der Waals surface area (Å²) < 4.78 is 0. The SMILES string of the molecule is CC(C)(Cl)C(=O)c1cccc(Cl)c1. The highest BCUT2D eigenvalue weighted by Gasteiger charge is 2.25. The van der Waals surface area contributed by atoms with Gasteiger partial charge in [-0.3, -0.25) is 4.79 Å². The molecule has 1 nitrogen and oxygen atoms in total. The summed E-state index contributed by atoms with van der Waals surface area (Å²) >= 11 is 11.6. The molecule has 1 aromatic carbocycles. The van der Waals surface area contributed by atoms with Gasteiger partial charge in [-0.1, -0.05) is 23.7 Å². The summed E-state index contributed by atoms with van der Waals surface area (Å²) in [5.74, 6) is -0.114. The lowest BCUT2D eigenvalue weighted by Gasteiger charge is -2.13. The molecule has 0 fully saturated rings. The molecule has 0 aliphatic carbocycles. The lowest BCUT2D eigenvalue weighted by atomic mass is 10.0. The molecule has 0 aliphatic heterocycles. The zero-order valence-electron chi connectivity index (χ0n) is 7.47. The number of Topliss-reactive ketones (excluding diaryl/α,β-unsaturated/α-hetero) is 1. The summed E-state index contributed by atoms with van der Waals surface area (Å²) in [5.41, 5.74) is 0.549. The number of hydrogen-bond acceptors (Lipinski definition) is 1. The van der Waals surface area contributed by atoms with Gasteiger partial charge in [0, 0.05) is 10.6 Å². The van der Waals surface area contributed by atoms with E-state index < -0.39 is 4.87 Å². The molecule has 0 unspecified atom stereocenters. The number of halogens is 2. The molecule has 1 rings (SSSR count). The minimum Gasteiger partial charge on any atom is -0.292 e. The third-order valence-corrected chi connectivity index (χ3v) is 2.03. The third-order valence-electron chi connectivity index (χ3n) is 1.63. The van der Waals surface area contributed by atoms with Crippen LogP contribution in [0, 0.1) is 0 Å². The average Bonchev–Trinajstić information content (AvgIpc) is 2.01. The van der Waals surface area contributed by atoms with Gasteiger partial charge in [-0.15, -0.1) is 11.6 Å². The summed E-state index contributed by atoms with van der Waals surface area (Å²) in [6.07, 6.45) is 0. The third kappa shape index (κ3) is 2.71. The minimum atomic E-state index is -0.870. The Hall–Kier alpha value is -0.530. The Labute approximate surface area is 87.7 Å². The van der Waals surface area contributed by atoms with Crippen LogP contribution in [0.3, 0.4) is 0 Å². The fraction of sp³-hybridized carbons (Fsp3) is 0.300. The van der Waals surface area contributed by atoms with Crippen LogP contribution in [0.1, 0.15) is 24.2 Å². The predicted molar refractivity (Wildman–Crippen MR) is 55.7 cm³/mol. The Morgan fingerprint density at radius 2 is 2.00 bits per heavy atom. The highest BCUT2D eigenvalue weighted by Crippen LogP contribution is 2.21. The van der Waals surface area contributed by atoms with Gasteiger partial charge in [0.2, 0.25) is 0 Å². The number of rotatable bonds is 2. The van der Waals surface area contributed by atoms with Gasteiger partial charge in [0.15, 0.2) is 5.78 Å². The zero-order chi connectivity index (χ0) is 10.1. The van der Waals surface area contributed by atoms with E-state index in [4.69, 9.17) is 23.2 Å². The van der Waals surface area contributed by atoms with Crippen molar-refractivity contribution >= 4 is 29.0 Å². The van der Waals surface area contributed by atoms with Gasteiger partial charge in [0.05, 0.1) is 0 Å². The topological polar surface area (TPSA) is 17.1 Å². The number of hydrogen-bond donors (Lipinski definition) is 0. The molecule has 0 aliphatic rings. The first-order valence-electron chi connectivity index (χ1n) is 3.90. The second-order valence-electron chi connectivity index (χ2n) is 3.31. The van der Waals surface area contributed by atoms with Crippen LogP contribution in [-0.4, -0.2) is 10.7 Å². The summed E-state index contributed by atoms with van der Waals surface area (Å²) in [7, 11) is 0. The molecule has 0 aromatic heterocycles. The Balaban J connectivity index is 3.03. The van der Waals surface area contributed by atoms with Crippen LogP contribution >= 0.6 is 23.2 Å². The molecule has 70 valence electrons. The van der Waals surface area contributed by atoms with Crippen molar-refractivity contribution in [3.63, 3.8) is 0 Å². The van der Waals surface area contributed by atoms with E-state index in [9.17, 15) is 4.79 Å². The first-order valence-corrected chi connectivity index (χ1v) is 4.66. The van der Waals surface area contributed by atoms with Gasteiger partial charge < -0.3 is 0 Å². The second kappa shape index (κ2) is 3.69. The van der Waals surface area contributed by atoms with E-state index in [-0.39, 0.29) is 5.78 Å². The van der Waals surface area contributed by atoms with E-state index in [1.54, 1.807) is 38.1 Å². The molecule has 0 radical (unpaired) electrons. The summed E-state index contributed by atoms with van der Waals surface area (Å²) in [6, 6.07) is 6.78. The van der Waals surface area contributed by atoms with E-state index in [1.165, 1.54) is 0 Å². The van der Waals surface area contributed by atoms with E-state index in [0.29, 0.717) is 10.6 Å². The lowest BCUT2D eigenvalue weighted by Crippen LogP contribution is -2.24. The van der Waals surface area contributed by atoms with Gasteiger partial charge in [0.1, 0.15) is 4.87 Å². The maximum atomic E-state index is 11.6. The number of ketones is 1. The smallest absolute Gasteiger partial charge is 0.183 e. The highest BCUT2D eigenvalue weighted by atomic mass is 35.5. The molecule has 0 spiro atoms. The quantitative estimate of drug-likeness (QED) is 0.547. The minimum absolute atomic E-state index is 0.114. The van der Waals surface area contributed by atoms with Gasteiger partial charge in [-0.05, 0) is 26.0 Å². The number of carbonyl (C=O) groups excluding carboxylic acids is 1. The molecule has 0 saturated carbocycles. The molecule has 0 saturated heterocycles. The molecule has 0 bridgehead atoms. The van der Waals surface area contributed by atoms with E-state index in [0.717, 1.165) is 0 Å². The average molecular weight is 217 g/mol. The Morgan fingerprint density at radius 1 is 1.38 bits per heavy atom. The lowest BCUT2D eigenvalue weighted by molar-refractivity contribution is 0.0954. The van der Waals surface area contributed by atoms with Crippen LogP contribution in [0.5, 0.6) is 0 Å². The Morgan fingerprint density at radius 3 is 2.46 bits per heavy atom. The zero-order valence-corrected chi connectivity index (χ0v) is 8.99. The van der Waals surface area contributed by atoms with Crippen molar-refractivity contribution < 1.29 is 4.79 Å². The van der Waals surface area contributed by atoms with Gasteiger partial charge in [0.25, 0.3) is 0 Å². The summed E-state index contributed by atoms with van der Waals surface area (Å²) in [6.45, 7) is 3.33. The Kier molecular flexibility index (Phi) is 2.99. The monoisotopic (exact) mass is 216 g/mol. The molecule has 3 heteroatoms.